The molecule has 0 bridgehead atoms. The lowest BCUT2D eigenvalue weighted by Gasteiger charge is -2.08. The van der Waals surface area contributed by atoms with Gasteiger partial charge in [0.15, 0.2) is 0 Å². The maximum absolute atomic E-state index is 10.7. The molecule has 0 aromatic heterocycles. The van der Waals surface area contributed by atoms with E-state index < -0.39 is 5.97 Å². The van der Waals surface area contributed by atoms with Crippen molar-refractivity contribution in [2.45, 2.75) is 6.61 Å². The van der Waals surface area contributed by atoms with Crippen molar-refractivity contribution >= 4 is 17.6 Å². The fraction of sp³-hybridized carbons (Fsp3) is 0.0667. The Balaban J connectivity index is 2.11. The Kier molecular flexibility index (Phi) is 4.24. The van der Waals surface area contributed by atoms with Crippen molar-refractivity contribution in [3.8, 4) is 11.8 Å². The molecule has 4 nitrogen and oxygen atoms in total. The van der Waals surface area contributed by atoms with Crippen molar-refractivity contribution in [3.63, 3.8) is 0 Å². The van der Waals surface area contributed by atoms with Gasteiger partial charge in [-0.25, -0.2) is 4.79 Å². The first-order valence-electron chi connectivity index (χ1n) is 5.75. The summed E-state index contributed by atoms with van der Waals surface area (Å²) >= 11 is 5.86. The minimum absolute atomic E-state index is 0.217. The molecule has 2 aromatic carbocycles. The number of ether oxygens (including phenoxy) is 1. The SMILES string of the molecule is N#Cc1ccc(Cl)cc1OCc1ccc(C(=O)O)cc1. The van der Waals surface area contributed by atoms with Crippen molar-refractivity contribution < 1.29 is 14.6 Å². The van der Waals surface area contributed by atoms with Crippen LogP contribution in [-0.4, -0.2) is 11.1 Å². The third kappa shape index (κ3) is 3.28. The number of benzene rings is 2. The Hall–Kier alpha value is -2.51. The lowest BCUT2D eigenvalue weighted by molar-refractivity contribution is 0.0697. The quantitative estimate of drug-likeness (QED) is 0.934. The Morgan fingerprint density at radius 3 is 2.55 bits per heavy atom. The highest BCUT2D eigenvalue weighted by Crippen LogP contribution is 2.23. The molecule has 0 saturated carbocycles. The zero-order chi connectivity index (χ0) is 14.5. The predicted octanol–water partition coefficient (Wildman–Crippen LogP) is 3.49. The van der Waals surface area contributed by atoms with E-state index in [1.54, 1.807) is 30.3 Å². The number of aromatic carboxylic acids is 1. The molecule has 0 amide bonds. The second-order valence-electron chi connectivity index (χ2n) is 4.04. The van der Waals surface area contributed by atoms with Crippen molar-refractivity contribution in [1.29, 1.82) is 5.26 Å². The maximum atomic E-state index is 10.7. The summed E-state index contributed by atoms with van der Waals surface area (Å²) in [5.74, 6) is -0.568. The Morgan fingerprint density at radius 2 is 1.95 bits per heavy atom. The van der Waals surface area contributed by atoms with E-state index >= 15 is 0 Å². The Labute approximate surface area is 120 Å². The average molecular weight is 288 g/mol. The standard InChI is InChI=1S/C15H10ClNO3/c16-13-6-5-12(8-17)14(7-13)20-9-10-1-3-11(4-2-10)15(18)19/h1-7H,9H2,(H,18,19). The number of hydrogen-bond acceptors (Lipinski definition) is 3. The van der Waals surface area contributed by atoms with Gasteiger partial charge in [-0.3, -0.25) is 0 Å². The minimum atomic E-state index is -0.973. The van der Waals surface area contributed by atoms with E-state index in [9.17, 15) is 4.79 Å². The molecule has 0 radical (unpaired) electrons. The second kappa shape index (κ2) is 6.09. The van der Waals surface area contributed by atoms with E-state index in [4.69, 9.17) is 26.7 Å². The van der Waals surface area contributed by atoms with Crippen LogP contribution >= 0.6 is 11.6 Å². The Morgan fingerprint density at radius 1 is 1.25 bits per heavy atom. The van der Waals surface area contributed by atoms with Crippen LogP contribution in [0.2, 0.25) is 5.02 Å². The summed E-state index contributed by atoms with van der Waals surface area (Å²) in [6.45, 7) is 0.231. The monoisotopic (exact) mass is 287 g/mol. The van der Waals surface area contributed by atoms with Gasteiger partial charge in [-0.05, 0) is 29.8 Å². The van der Waals surface area contributed by atoms with Crippen molar-refractivity contribution in [2.75, 3.05) is 0 Å². The normalized spacial score (nSPS) is 9.80. The molecule has 5 heteroatoms. The van der Waals surface area contributed by atoms with Gasteiger partial charge < -0.3 is 9.84 Å². The van der Waals surface area contributed by atoms with Gasteiger partial charge in [0.2, 0.25) is 0 Å². The number of carboxylic acid groups (broad SMARTS) is 1. The van der Waals surface area contributed by atoms with Gasteiger partial charge in [0.25, 0.3) is 0 Å². The number of halogens is 1. The third-order valence-electron chi connectivity index (χ3n) is 2.66. The molecule has 0 aliphatic carbocycles. The first kappa shape index (κ1) is 13.9. The number of carboxylic acids is 1. The summed E-state index contributed by atoms with van der Waals surface area (Å²) < 4.78 is 5.54. The van der Waals surface area contributed by atoms with Gasteiger partial charge in [-0.2, -0.15) is 5.26 Å². The Bertz CT molecular complexity index is 675. The summed E-state index contributed by atoms with van der Waals surface area (Å²) in [4.78, 5) is 10.7. The summed E-state index contributed by atoms with van der Waals surface area (Å²) in [7, 11) is 0. The second-order valence-corrected chi connectivity index (χ2v) is 4.48. The first-order valence-corrected chi connectivity index (χ1v) is 6.12. The molecular weight excluding hydrogens is 278 g/mol. The molecule has 2 rings (SSSR count). The third-order valence-corrected chi connectivity index (χ3v) is 2.89. The average Bonchev–Trinajstić information content (AvgIpc) is 2.45. The van der Waals surface area contributed by atoms with Crippen molar-refractivity contribution in [3.05, 3.63) is 64.2 Å². The van der Waals surface area contributed by atoms with E-state index in [2.05, 4.69) is 0 Å². The van der Waals surface area contributed by atoms with Gasteiger partial charge in [0.05, 0.1) is 11.1 Å². The number of hydrogen-bond donors (Lipinski definition) is 1. The van der Waals surface area contributed by atoms with Crippen LogP contribution in [0.5, 0.6) is 5.75 Å². The smallest absolute Gasteiger partial charge is 0.335 e. The molecule has 100 valence electrons. The largest absolute Gasteiger partial charge is 0.487 e. The van der Waals surface area contributed by atoms with Gasteiger partial charge in [-0.15, -0.1) is 0 Å². The molecule has 0 heterocycles. The molecule has 0 unspecified atom stereocenters. The van der Waals surface area contributed by atoms with Crippen LogP contribution < -0.4 is 4.74 Å². The van der Waals surface area contributed by atoms with Gasteiger partial charge >= 0.3 is 5.97 Å². The molecule has 0 aliphatic heterocycles. The minimum Gasteiger partial charge on any atom is -0.487 e. The molecule has 0 spiro atoms. The molecule has 2 aromatic rings. The zero-order valence-electron chi connectivity index (χ0n) is 10.3. The first-order chi connectivity index (χ1) is 9.60. The van der Waals surface area contributed by atoms with Crippen LogP contribution in [0, 0.1) is 11.3 Å². The van der Waals surface area contributed by atoms with Crippen LogP contribution in [0.4, 0.5) is 0 Å². The molecule has 0 fully saturated rings. The summed E-state index contributed by atoms with van der Waals surface area (Å²) in [6, 6.07) is 13.1. The molecule has 0 atom stereocenters. The predicted molar refractivity (Wildman–Crippen MR) is 73.9 cm³/mol. The lowest BCUT2D eigenvalue weighted by Crippen LogP contribution is -1.99. The number of carbonyl (C=O) groups is 1. The molecule has 1 N–H and O–H groups in total. The fourth-order valence-corrected chi connectivity index (χ4v) is 1.77. The van der Waals surface area contributed by atoms with Gasteiger partial charge in [0, 0.05) is 11.1 Å². The van der Waals surface area contributed by atoms with Crippen LogP contribution in [0.3, 0.4) is 0 Å². The number of nitriles is 1. The van der Waals surface area contributed by atoms with Crippen LogP contribution in [-0.2, 0) is 6.61 Å². The zero-order valence-corrected chi connectivity index (χ0v) is 11.1. The topological polar surface area (TPSA) is 70.3 Å². The summed E-state index contributed by atoms with van der Waals surface area (Å²) in [5.41, 5.74) is 1.42. The summed E-state index contributed by atoms with van der Waals surface area (Å²) in [5, 5.41) is 18.3. The van der Waals surface area contributed by atoms with Crippen LogP contribution in [0.1, 0.15) is 21.5 Å². The lowest BCUT2D eigenvalue weighted by atomic mass is 10.1. The maximum Gasteiger partial charge on any atom is 0.335 e. The van der Waals surface area contributed by atoms with Crippen molar-refractivity contribution in [2.24, 2.45) is 0 Å². The van der Waals surface area contributed by atoms with E-state index in [1.807, 2.05) is 6.07 Å². The highest BCUT2D eigenvalue weighted by atomic mass is 35.5. The fourth-order valence-electron chi connectivity index (χ4n) is 1.61. The molecule has 0 saturated heterocycles. The number of rotatable bonds is 4. The number of nitrogens with zero attached hydrogens (tertiary/aromatic N) is 1. The van der Waals surface area contributed by atoms with E-state index in [0.717, 1.165) is 5.56 Å². The molecule has 20 heavy (non-hydrogen) atoms. The van der Waals surface area contributed by atoms with Gasteiger partial charge in [0.1, 0.15) is 18.4 Å². The van der Waals surface area contributed by atoms with Crippen LogP contribution in [0.15, 0.2) is 42.5 Å². The van der Waals surface area contributed by atoms with Crippen LogP contribution in [0.25, 0.3) is 0 Å². The molecular formula is C15H10ClNO3. The van der Waals surface area contributed by atoms with E-state index in [-0.39, 0.29) is 12.2 Å². The van der Waals surface area contributed by atoms with Gasteiger partial charge in [-0.1, -0.05) is 23.7 Å². The van der Waals surface area contributed by atoms with Crippen molar-refractivity contribution in [1.82, 2.24) is 0 Å². The van der Waals surface area contributed by atoms with E-state index in [0.29, 0.717) is 16.3 Å². The molecule has 0 aliphatic rings. The summed E-state index contributed by atoms with van der Waals surface area (Å²) in [6.07, 6.45) is 0. The highest BCUT2D eigenvalue weighted by Gasteiger charge is 2.06. The van der Waals surface area contributed by atoms with E-state index in [1.165, 1.54) is 12.1 Å². The highest BCUT2D eigenvalue weighted by molar-refractivity contribution is 6.30.